The normalized spacial score (nSPS) is 21.4. The molecule has 20 heavy (non-hydrogen) atoms. The van der Waals surface area contributed by atoms with Crippen LogP contribution in [0.3, 0.4) is 0 Å². The van der Waals surface area contributed by atoms with Crippen molar-refractivity contribution in [2.24, 2.45) is 0 Å². The molecule has 1 N–H and O–H groups in total. The van der Waals surface area contributed by atoms with E-state index in [-0.39, 0.29) is 18.6 Å². The van der Waals surface area contributed by atoms with E-state index in [1.165, 1.54) is 11.8 Å². The van der Waals surface area contributed by atoms with Gasteiger partial charge in [0.2, 0.25) is 5.91 Å². The summed E-state index contributed by atoms with van der Waals surface area (Å²) in [5.41, 5.74) is 0.00479. The highest BCUT2D eigenvalue weighted by molar-refractivity contribution is 5.88. The Morgan fingerprint density at radius 2 is 2.00 bits per heavy atom. The Hall–Kier alpha value is -1.88. The molecule has 0 spiro atoms. The number of carbonyl (C=O) groups excluding carboxylic acids is 1. The minimum atomic E-state index is -1.45. The van der Waals surface area contributed by atoms with Crippen LogP contribution < -0.4 is 0 Å². The summed E-state index contributed by atoms with van der Waals surface area (Å²) in [5, 5.41) is 9.83. The number of rotatable bonds is 3. The van der Waals surface area contributed by atoms with Crippen molar-refractivity contribution in [1.29, 1.82) is 0 Å². The largest absolute Gasteiger partial charge is 0.479 e. The highest BCUT2D eigenvalue weighted by Crippen LogP contribution is 2.37. The molecular weight excluding hydrogens is 258 g/mol. The van der Waals surface area contributed by atoms with Crippen LogP contribution in [0.15, 0.2) is 24.3 Å². The van der Waals surface area contributed by atoms with E-state index in [0.717, 1.165) is 5.56 Å². The number of carboxylic acids is 1. The van der Waals surface area contributed by atoms with Gasteiger partial charge < -0.3 is 14.7 Å². The minimum Gasteiger partial charge on any atom is -0.479 e. The first-order valence-electron chi connectivity index (χ1n) is 6.60. The lowest BCUT2D eigenvalue weighted by Crippen LogP contribution is -2.60. The highest BCUT2D eigenvalue weighted by atomic mass is 16.5. The van der Waals surface area contributed by atoms with E-state index in [4.69, 9.17) is 4.74 Å². The second kappa shape index (κ2) is 5.25. The fourth-order valence-electron chi connectivity index (χ4n) is 2.99. The predicted octanol–water partition coefficient (Wildman–Crippen LogP) is 1.75. The molecule has 1 atom stereocenters. The second-order valence-corrected chi connectivity index (χ2v) is 5.30. The number of hydrogen-bond donors (Lipinski definition) is 1. The van der Waals surface area contributed by atoms with E-state index >= 15 is 0 Å². The molecule has 5 nitrogen and oxygen atoms in total. The van der Waals surface area contributed by atoms with Gasteiger partial charge in [0.05, 0.1) is 13.2 Å². The molecule has 1 aliphatic rings. The second-order valence-electron chi connectivity index (χ2n) is 5.30. The molecule has 0 saturated carbocycles. The number of hydrogen-bond acceptors (Lipinski definition) is 3. The first-order valence-corrected chi connectivity index (χ1v) is 6.60. The van der Waals surface area contributed by atoms with Gasteiger partial charge in [-0.2, -0.15) is 0 Å². The Kier molecular flexibility index (Phi) is 3.81. The number of nitrogens with zero attached hydrogens (tertiary/aromatic N) is 1. The van der Waals surface area contributed by atoms with Gasteiger partial charge in [0.15, 0.2) is 5.54 Å². The fraction of sp³-hybridized carbons (Fsp3) is 0.467. The van der Waals surface area contributed by atoms with E-state index in [2.05, 4.69) is 0 Å². The van der Waals surface area contributed by atoms with Gasteiger partial charge in [-0.3, -0.25) is 4.79 Å². The molecule has 0 aliphatic carbocycles. The standard InChI is InChI=1S/C15H19NO4/c1-10(2)16(11(3)17)15(14(18)19)9-20-8-12-6-4-5-7-13(12)15/h4-7,10H,8-9H2,1-3H3,(H,18,19). The van der Waals surface area contributed by atoms with E-state index in [1.54, 1.807) is 12.1 Å². The number of carbonyl (C=O) groups is 2. The van der Waals surface area contributed by atoms with Crippen LogP contribution in [-0.2, 0) is 26.5 Å². The molecular formula is C15H19NO4. The van der Waals surface area contributed by atoms with Crippen LogP contribution >= 0.6 is 0 Å². The number of benzene rings is 1. The maximum atomic E-state index is 12.0. The van der Waals surface area contributed by atoms with Crippen molar-refractivity contribution in [3.05, 3.63) is 35.4 Å². The smallest absolute Gasteiger partial charge is 0.336 e. The summed E-state index contributed by atoms with van der Waals surface area (Å²) >= 11 is 0. The van der Waals surface area contributed by atoms with Crippen molar-refractivity contribution >= 4 is 11.9 Å². The highest BCUT2D eigenvalue weighted by Gasteiger charge is 2.51. The molecule has 1 aromatic rings. The number of aliphatic carboxylic acids is 1. The summed E-state index contributed by atoms with van der Waals surface area (Å²) in [5.74, 6) is -1.34. The molecule has 1 aliphatic heterocycles. The molecule has 1 aromatic carbocycles. The first-order chi connectivity index (χ1) is 9.41. The number of fused-ring (bicyclic) bond motifs is 1. The van der Waals surface area contributed by atoms with Gasteiger partial charge in [0.25, 0.3) is 0 Å². The van der Waals surface area contributed by atoms with E-state index in [1.807, 2.05) is 26.0 Å². The zero-order valence-corrected chi connectivity index (χ0v) is 11.9. The summed E-state index contributed by atoms with van der Waals surface area (Å²) in [6, 6.07) is 7.00. The SMILES string of the molecule is CC(=O)N(C(C)C)C1(C(=O)O)COCc2ccccc21. The Bertz CT molecular complexity index is 540. The third kappa shape index (κ3) is 2.08. The van der Waals surface area contributed by atoms with Crippen LogP contribution in [-0.4, -0.2) is 34.5 Å². The molecule has 1 amide bonds. The Morgan fingerprint density at radius 3 is 2.55 bits per heavy atom. The molecule has 5 heteroatoms. The molecule has 0 bridgehead atoms. The maximum Gasteiger partial charge on any atom is 0.336 e. The third-order valence-electron chi connectivity index (χ3n) is 3.65. The number of amides is 1. The quantitative estimate of drug-likeness (QED) is 0.914. The first kappa shape index (κ1) is 14.5. The van der Waals surface area contributed by atoms with Crippen LogP contribution in [0.2, 0.25) is 0 Å². The van der Waals surface area contributed by atoms with Gasteiger partial charge in [0.1, 0.15) is 0 Å². The molecule has 0 saturated heterocycles. The summed E-state index contributed by atoms with van der Waals surface area (Å²) in [4.78, 5) is 25.4. The van der Waals surface area contributed by atoms with Crippen LogP contribution in [0.1, 0.15) is 31.9 Å². The van der Waals surface area contributed by atoms with Crippen molar-refractivity contribution < 1.29 is 19.4 Å². The topological polar surface area (TPSA) is 66.8 Å². The zero-order valence-electron chi connectivity index (χ0n) is 11.9. The molecule has 1 heterocycles. The molecule has 108 valence electrons. The predicted molar refractivity (Wildman–Crippen MR) is 73.1 cm³/mol. The third-order valence-corrected chi connectivity index (χ3v) is 3.65. The van der Waals surface area contributed by atoms with Crippen LogP contribution in [0.25, 0.3) is 0 Å². The van der Waals surface area contributed by atoms with E-state index < -0.39 is 11.5 Å². The zero-order chi connectivity index (χ0) is 14.9. The van der Waals surface area contributed by atoms with Crippen molar-refractivity contribution in [2.75, 3.05) is 6.61 Å². The van der Waals surface area contributed by atoms with E-state index in [0.29, 0.717) is 12.2 Å². The fourth-order valence-corrected chi connectivity index (χ4v) is 2.99. The Morgan fingerprint density at radius 1 is 1.35 bits per heavy atom. The van der Waals surface area contributed by atoms with Gasteiger partial charge in [-0.05, 0) is 25.0 Å². The monoisotopic (exact) mass is 277 g/mol. The average Bonchev–Trinajstić information content (AvgIpc) is 2.37. The van der Waals surface area contributed by atoms with Crippen LogP contribution in [0, 0.1) is 0 Å². The Labute approximate surface area is 118 Å². The van der Waals surface area contributed by atoms with Gasteiger partial charge in [-0.1, -0.05) is 24.3 Å². The lowest BCUT2D eigenvalue weighted by atomic mass is 9.82. The number of carboxylic acid groups (broad SMARTS) is 1. The minimum absolute atomic E-state index is 0.0306. The van der Waals surface area contributed by atoms with Crippen LogP contribution in [0.5, 0.6) is 0 Å². The van der Waals surface area contributed by atoms with Crippen molar-refractivity contribution in [1.82, 2.24) is 4.90 Å². The summed E-state index contributed by atoms with van der Waals surface area (Å²) in [6.45, 7) is 5.35. The summed E-state index contributed by atoms with van der Waals surface area (Å²) < 4.78 is 5.48. The summed E-state index contributed by atoms with van der Waals surface area (Å²) in [7, 11) is 0. The van der Waals surface area contributed by atoms with Gasteiger partial charge in [-0.25, -0.2) is 4.79 Å². The molecule has 2 rings (SSSR count). The molecule has 0 aromatic heterocycles. The van der Waals surface area contributed by atoms with Gasteiger partial charge in [-0.15, -0.1) is 0 Å². The molecule has 1 unspecified atom stereocenters. The average molecular weight is 277 g/mol. The van der Waals surface area contributed by atoms with Crippen LogP contribution in [0.4, 0.5) is 0 Å². The van der Waals surface area contributed by atoms with E-state index in [9.17, 15) is 14.7 Å². The van der Waals surface area contributed by atoms with Gasteiger partial charge in [0, 0.05) is 13.0 Å². The van der Waals surface area contributed by atoms with Crippen molar-refractivity contribution in [3.63, 3.8) is 0 Å². The number of ether oxygens (including phenoxy) is 1. The Balaban J connectivity index is 2.68. The van der Waals surface area contributed by atoms with Crippen molar-refractivity contribution in [3.8, 4) is 0 Å². The molecule has 0 fully saturated rings. The maximum absolute atomic E-state index is 12.0. The van der Waals surface area contributed by atoms with Gasteiger partial charge >= 0.3 is 5.97 Å². The molecule has 0 radical (unpaired) electrons. The lowest BCUT2D eigenvalue weighted by Gasteiger charge is -2.45. The summed E-state index contributed by atoms with van der Waals surface area (Å²) in [6.07, 6.45) is 0. The lowest BCUT2D eigenvalue weighted by molar-refractivity contribution is -0.170. The van der Waals surface area contributed by atoms with Crippen molar-refractivity contribution in [2.45, 2.75) is 39.0 Å².